The summed E-state index contributed by atoms with van der Waals surface area (Å²) < 4.78 is 42.7. The number of rotatable bonds is 14. The number of benzene rings is 2. The molecular formula is C45H47F2KN17O5-. The van der Waals surface area contributed by atoms with Crippen molar-refractivity contribution in [3.8, 4) is 22.8 Å². The Labute approximate surface area is 441 Å². The number of carbonyl (C=O) groups is 1. The molecule has 25 heteroatoms. The molecule has 0 radical (unpaired) electrons. The zero-order valence-corrected chi connectivity index (χ0v) is 42.5. The van der Waals surface area contributed by atoms with Crippen molar-refractivity contribution >= 4 is 35.3 Å². The molecule has 10 rings (SSSR count). The molecule has 0 amide bonds. The molecule has 358 valence electrons. The number of aromatic nitrogens is 14. The van der Waals surface area contributed by atoms with E-state index < -0.39 is 11.6 Å². The number of ketones is 1. The third kappa shape index (κ3) is 12.8. The first kappa shape index (κ1) is 52.9. The second-order valence-electron chi connectivity index (χ2n) is 17.0. The van der Waals surface area contributed by atoms with E-state index >= 15 is 4.39 Å². The number of nitrogens with zero attached hydrogens (tertiary/aromatic N) is 14. The van der Waals surface area contributed by atoms with Crippen molar-refractivity contribution < 1.29 is 84.3 Å². The Morgan fingerprint density at radius 1 is 0.743 bits per heavy atom. The van der Waals surface area contributed by atoms with E-state index in [1.807, 2.05) is 27.7 Å². The number of nitrogens with two attached hydrogens (primary N) is 1. The Morgan fingerprint density at radius 3 is 1.69 bits per heavy atom. The van der Waals surface area contributed by atoms with Gasteiger partial charge in [0.1, 0.15) is 24.3 Å². The van der Waals surface area contributed by atoms with Gasteiger partial charge in [-0.15, -0.1) is 0 Å². The van der Waals surface area contributed by atoms with Gasteiger partial charge in [-0.25, -0.2) is 33.7 Å². The molecule has 70 heavy (non-hydrogen) atoms. The van der Waals surface area contributed by atoms with Crippen molar-refractivity contribution in [3.63, 3.8) is 0 Å². The molecule has 6 aromatic heterocycles. The van der Waals surface area contributed by atoms with Gasteiger partial charge >= 0.3 is 51.4 Å². The topological polar surface area (TPSA) is 305 Å². The minimum Gasteiger partial charge on any atom is -0.870 e. The van der Waals surface area contributed by atoms with Crippen LogP contribution in [0.1, 0.15) is 96.4 Å². The van der Waals surface area contributed by atoms with E-state index in [1.54, 1.807) is 66.7 Å². The first-order valence-electron chi connectivity index (χ1n) is 21.4. The Balaban J connectivity index is 0.000000192. The fourth-order valence-corrected chi connectivity index (χ4v) is 6.73. The Morgan fingerprint density at radius 2 is 1.23 bits per heavy atom. The summed E-state index contributed by atoms with van der Waals surface area (Å²) in [5.74, 6) is 1.13. The van der Waals surface area contributed by atoms with Gasteiger partial charge in [-0.2, -0.15) is 31.4 Å². The molecule has 2 aromatic carbocycles. The molecule has 6 heterocycles. The summed E-state index contributed by atoms with van der Waals surface area (Å²) in [5, 5.41) is 21.4. The van der Waals surface area contributed by atoms with E-state index in [4.69, 9.17) is 14.8 Å². The largest absolute Gasteiger partial charge is 1.00 e. The van der Waals surface area contributed by atoms with Gasteiger partial charge in [0.15, 0.2) is 11.6 Å². The molecule has 0 unspecified atom stereocenters. The van der Waals surface area contributed by atoms with Gasteiger partial charge in [-0.05, 0) is 92.5 Å². The molecule has 5 N–H and O–H groups in total. The normalized spacial score (nSPS) is 13.6. The van der Waals surface area contributed by atoms with Crippen LogP contribution in [-0.4, -0.2) is 87.3 Å². The minimum atomic E-state index is -0.477. The van der Waals surface area contributed by atoms with Crippen LogP contribution in [-0.2, 0) is 42.7 Å². The molecule has 0 saturated heterocycles. The molecule has 2 fully saturated rings. The molecule has 0 bridgehead atoms. The smallest absolute Gasteiger partial charge is 0.870 e. The monoisotopic (exact) mass is 982 g/mol. The summed E-state index contributed by atoms with van der Waals surface area (Å²) in [5.41, 5.74) is 10.8. The third-order valence-corrected chi connectivity index (χ3v) is 11.5. The van der Waals surface area contributed by atoms with E-state index in [0.29, 0.717) is 35.4 Å². The van der Waals surface area contributed by atoms with Gasteiger partial charge in [0.2, 0.25) is 35.3 Å². The van der Waals surface area contributed by atoms with Crippen LogP contribution in [0, 0.1) is 25.5 Å². The second-order valence-corrected chi connectivity index (χ2v) is 17.0. The maximum atomic E-state index is 15.0. The van der Waals surface area contributed by atoms with Crippen LogP contribution >= 0.6 is 0 Å². The summed E-state index contributed by atoms with van der Waals surface area (Å²) >= 11 is 0. The van der Waals surface area contributed by atoms with Crippen molar-refractivity contribution in [2.24, 2.45) is 19.8 Å². The molecule has 0 spiro atoms. The van der Waals surface area contributed by atoms with Gasteiger partial charge in [0.05, 0.1) is 40.7 Å². The van der Waals surface area contributed by atoms with Crippen molar-refractivity contribution in [1.82, 2.24) is 69.7 Å². The average Bonchev–Trinajstić information content (AvgIpc) is 3.82. The second kappa shape index (κ2) is 22.5. The quantitative estimate of drug-likeness (QED) is 0.0801. The van der Waals surface area contributed by atoms with E-state index in [2.05, 4.69) is 71.0 Å². The number of halogens is 2. The predicted molar refractivity (Wildman–Crippen MR) is 242 cm³/mol. The van der Waals surface area contributed by atoms with Gasteiger partial charge in [0, 0.05) is 50.3 Å². The van der Waals surface area contributed by atoms with E-state index in [-0.39, 0.29) is 121 Å². The summed E-state index contributed by atoms with van der Waals surface area (Å²) in [7, 11) is 3.60. The van der Waals surface area contributed by atoms with Crippen LogP contribution in [0.4, 0.5) is 32.1 Å². The van der Waals surface area contributed by atoms with Crippen molar-refractivity contribution in [2.45, 2.75) is 83.6 Å². The van der Waals surface area contributed by atoms with Crippen molar-refractivity contribution in [3.05, 3.63) is 119 Å². The van der Waals surface area contributed by atoms with Crippen LogP contribution in [0.15, 0.2) is 70.8 Å². The molecule has 2 saturated carbocycles. The number of aryl methyl sites for hydroxylation is 5. The third-order valence-electron chi connectivity index (χ3n) is 11.5. The van der Waals surface area contributed by atoms with Crippen LogP contribution in [0.5, 0.6) is 0 Å². The van der Waals surface area contributed by atoms with Gasteiger partial charge < -0.3 is 35.7 Å². The van der Waals surface area contributed by atoms with Crippen molar-refractivity contribution in [1.29, 1.82) is 0 Å². The van der Waals surface area contributed by atoms with Gasteiger partial charge in [-0.3, -0.25) is 14.2 Å². The molecule has 2 aliphatic rings. The Hall–Kier alpha value is -6.48. The van der Waals surface area contributed by atoms with E-state index in [9.17, 15) is 14.0 Å². The first-order chi connectivity index (χ1) is 32.6. The van der Waals surface area contributed by atoms with Crippen LogP contribution in [0.25, 0.3) is 22.8 Å². The summed E-state index contributed by atoms with van der Waals surface area (Å²) in [6.07, 6.45) is 15.7. The standard InChI is InChI=1S/C23H23FN8O2.C15H16FN7.C7H7N2O2.K.H2O/c1-13-8-16(19-25-12-26-22(30-19)28-15-10-27-32(3)11-15)17(24)9-14(13)4-5-18(33)20-29-21(34-31-20)23(2)6-7-23;1-9-3-12(13(16)4-10(9)5-17)14-18-8-19-15(22-14)21-11-6-20-23(2)7-11;1-7(2-3-7)6-8-5(4-10)9-11-6;;/h8-12H,4-7H2,1-3H3,(H,25,26,28,30);3-4,6-8H,5,17H2,1-2H3,(H,18,19,21,22);2-3H2,1H3;;1H2/q;;-1;+1;/p-1. The fourth-order valence-electron chi connectivity index (χ4n) is 6.73. The zero-order chi connectivity index (χ0) is 48.2. The summed E-state index contributed by atoms with van der Waals surface area (Å²) in [6, 6.07) is 6.21. The molecule has 2 aliphatic carbocycles. The van der Waals surface area contributed by atoms with Crippen molar-refractivity contribution in [2.75, 3.05) is 10.6 Å². The Kier molecular flexibility index (Phi) is 17.0. The Bertz CT molecular complexity index is 3110. The molecule has 22 nitrogen and oxygen atoms in total. The van der Waals surface area contributed by atoms with E-state index in [0.717, 1.165) is 53.6 Å². The number of hydrogen-bond acceptors (Lipinski definition) is 20. The zero-order valence-electron chi connectivity index (χ0n) is 39.4. The number of hydrogen-bond donors (Lipinski definition) is 3. The fraction of sp³-hybridized carbons (Fsp3) is 0.333. The number of anilines is 4. The van der Waals surface area contributed by atoms with Gasteiger partial charge in [-0.1, -0.05) is 24.2 Å². The molecular weight excluding hydrogens is 936 g/mol. The number of nitrogens with one attached hydrogen (secondary N) is 2. The maximum absolute atomic E-state index is 15.0. The number of carbonyl (C=O) groups excluding carboxylic acids is 2. The predicted octanol–water partition coefficient (Wildman–Crippen LogP) is 3.04. The summed E-state index contributed by atoms with van der Waals surface area (Å²) in [4.78, 5) is 55.6. The van der Waals surface area contributed by atoms with Gasteiger partial charge in [0.25, 0.3) is 0 Å². The SMILES string of the molecule is CC1(c2nc([C-]=O)no2)CC1.Cc1cc(-c2ncnc(Nc3cnn(C)c3)n2)c(F)cc1CCC(=O)c1noc(C2(C)CC2)n1.Cc1cc(-c2ncnc(Nc3cnn(C)c3)n2)c(F)cc1CN.[K+].[OH-]. The molecule has 0 atom stereocenters. The number of Topliss-reactive ketones (excluding diaryl/α,β-unsaturated/α-hetero) is 1. The average molecular weight is 983 g/mol. The first-order valence-corrected chi connectivity index (χ1v) is 21.4. The minimum absolute atomic E-state index is 0. The van der Waals surface area contributed by atoms with Crippen LogP contribution in [0.3, 0.4) is 0 Å². The van der Waals surface area contributed by atoms with E-state index in [1.165, 1.54) is 24.8 Å². The maximum Gasteiger partial charge on any atom is 1.00 e. The summed E-state index contributed by atoms with van der Waals surface area (Å²) in [6.45, 7) is 8.09. The van der Waals surface area contributed by atoms with Crippen LogP contribution in [0.2, 0.25) is 0 Å². The molecule has 8 aromatic rings. The van der Waals surface area contributed by atoms with Crippen LogP contribution < -0.4 is 67.8 Å². The molecule has 0 aliphatic heterocycles.